The minimum atomic E-state index is -1.02. The Kier molecular flexibility index (Phi) is 6.07. The minimum Gasteiger partial charge on any atom is -0.479 e. The third-order valence-electron chi connectivity index (χ3n) is 2.61. The molecule has 1 rings (SSSR count). The van der Waals surface area contributed by atoms with E-state index in [-0.39, 0.29) is 19.1 Å². The topological polar surface area (TPSA) is 76.1 Å². The summed E-state index contributed by atoms with van der Waals surface area (Å²) < 4.78 is 10.4. The van der Waals surface area contributed by atoms with Gasteiger partial charge < -0.3 is 19.5 Å². The molecule has 0 unspecified atom stereocenters. The average molecular weight is 259 g/mol. The number of nitrogens with zero attached hydrogens (tertiary/aromatic N) is 1. The zero-order valence-corrected chi connectivity index (χ0v) is 10.9. The molecule has 1 heterocycles. The Morgan fingerprint density at radius 1 is 1.50 bits per heavy atom. The zero-order valence-electron chi connectivity index (χ0n) is 10.9. The summed E-state index contributed by atoms with van der Waals surface area (Å²) in [7, 11) is 0. The van der Waals surface area contributed by atoms with Crippen LogP contribution < -0.4 is 0 Å². The van der Waals surface area contributed by atoms with E-state index in [1.54, 1.807) is 0 Å². The predicted octanol–water partition coefficient (Wildman–Crippen LogP) is 0.361. The summed E-state index contributed by atoms with van der Waals surface area (Å²) in [6.07, 6.45) is -0.613. The SMILES string of the molecule is CC(C)COCCC(=O)N1CCO[C@@H](C(=O)O)C1. The molecular formula is C12H21NO5. The molecule has 0 radical (unpaired) electrons. The highest BCUT2D eigenvalue weighted by atomic mass is 16.5. The van der Waals surface area contributed by atoms with E-state index < -0.39 is 12.1 Å². The second kappa shape index (κ2) is 7.33. The number of amides is 1. The van der Waals surface area contributed by atoms with E-state index in [0.717, 1.165) is 0 Å². The van der Waals surface area contributed by atoms with Crippen LogP contribution in [-0.4, -0.2) is 60.9 Å². The lowest BCUT2D eigenvalue weighted by molar-refractivity contribution is -0.159. The molecule has 1 aliphatic rings. The molecule has 0 aromatic carbocycles. The first-order valence-electron chi connectivity index (χ1n) is 6.20. The van der Waals surface area contributed by atoms with Gasteiger partial charge in [-0.05, 0) is 5.92 Å². The Hall–Kier alpha value is -1.14. The van der Waals surface area contributed by atoms with Gasteiger partial charge in [0.1, 0.15) is 0 Å². The molecule has 0 aliphatic carbocycles. The average Bonchev–Trinajstić information content (AvgIpc) is 2.34. The molecule has 0 spiro atoms. The molecule has 1 fully saturated rings. The van der Waals surface area contributed by atoms with Gasteiger partial charge in [-0.2, -0.15) is 0 Å². The second-order valence-corrected chi connectivity index (χ2v) is 4.76. The Labute approximate surface area is 107 Å². The number of carboxylic acid groups (broad SMARTS) is 1. The maximum absolute atomic E-state index is 11.8. The normalized spacial score (nSPS) is 20.2. The van der Waals surface area contributed by atoms with Gasteiger partial charge in [-0.3, -0.25) is 4.79 Å². The number of rotatable bonds is 6. The van der Waals surface area contributed by atoms with Crippen molar-refractivity contribution in [3.63, 3.8) is 0 Å². The number of morpholine rings is 1. The molecule has 0 saturated carbocycles. The monoisotopic (exact) mass is 259 g/mol. The van der Waals surface area contributed by atoms with Crippen LogP contribution in [0.3, 0.4) is 0 Å². The quantitative estimate of drug-likeness (QED) is 0.697. The first-order chi connectivity index (χ1) is 8.50. The fraction of sp³-hybridized carbons (Fsp3) is 0.833. The Bertz CT molecular complexity index is 292. The number of aliphatic carboxylic acids is 1. The molecule has 6 nitrogen and oxygen atoms in total. The van der Waals surface area contributed by atoms with E-state index >= 15 is 0 Å². The van der Waals surface area contributed by atoms with Gasteiger partial charge in [0.2, 0.25) is 5.91 Å². The highest BCUT2D eigenvalue weighted by Crippen LogP contribution is 2.07. The lowest BCUT2D eigenvalue weighted by Crippen LogP contribution is -2.48. The lowest BCUT2D eigenvalue weighted by atomic mass is 10.2. The number of hydrogen-bond acceptors (Lipinski definition) is 4. The number of ether oxygens (including phenoxy) is 2. The Morgan fingerprint density at radius 3 is 2.83 bits per heavy atom. The maximum atomic E-state index is 11.8. The molecule has 1 amide bonds. The molecular weight excluding hydrogens is 238 g/mol. The molecule has 104 valence electrons. The van der Waals surface area contributed by atoms with Crippen LogP contribution in [0.2, 0.25) is 0 Å². The second-order valence-electron chi connectivity index (χ2n) is 4.76. The standard InChI is InChI=1S/C12H21NO5/c1-9(2)8-17-5-3-11(14)13-4-6-18-10(7-13)12(15)16/h9-10H,3-8H2,1-2H3,(H,15,16)/t10-/m1/s1. The molecule has 1 N–H and O–H groups in total. The smallest absolute Gasteiger partial charge is 0.334 e. The number of hydrogen-bond donors (Lipinski definition) is 1. The largest absolute Gasteiger partial charge is 0.479 e. The number of carbonyl (C=O) groups is 2. The van der Waals surface area contributed by atoms with Crippen LogP contribution in [0.5, 0.6) is 0 Å². The van der Waals surface area contributed by atoms with Crippen LogP contribution >= 0.6 is 0 Å². The lowest BCUT2D eigenvalue weighted by Gasteiger charge is -2.30. The van der Waals surface area contributed by atoms with E-state index in [1.165, 1.54) is 4.90 Å². The molecule has 1 atom stereocenters. The van der Waals surface area contributed by atoms with Crippen molar-refractivity contribution in [2.45, 2.75) is 26.4 Å². The minimum absolute atomic E-state index is 0.0756. The fourth-order valence-electron chi connectivity index (χ4n) is 1.66. The molecule has 6 heteroatoms. The summed E-state index contributed by atoms with van der Waals surface area (Å²) in [5.74, 6) is -0.656. The van der Waals surface area contributed by atoms with Crippen molar-refractivity contribution in [1.82, 2.24) is 4.90 Å². The van der Waals surface area contributed by atoms with Crippen LogP contribution in [0.25, 0.3) is 0 Å². The van der Waals surface area contributed by atoms with Crippen molar-refractivity contribution in [3.05, 3.63) is 0 Å². The predicted molar refractivity (Wildman–Crippen MR) is 64.2 cm³/mol. The molecule has 18 heavy (non-hydrogen) atoms. The van der Waals surface area contributed by atoms with E-state index in [0.29, 0.717) is 32.1 Å². The molecule has 0 bridgehead atoms. The van der Waals surface area contributed by atoms with E-state index in [4.69, 9.17) is 14.6 Å². The van der Waals surface area contributed by atoms with Gasteiger partial charge in [0.05, 0.1) is 26.2 Å². The van der Waals surface area contributed by atoms with Crippen molar-refractivity contribution in [2.24, 2.45) is 5.92 Å². The maximum Gasteiger partial charge on any atom is 0.334 e. The highest BCUT2D eigenvalue weighted by Gasteiger charge is 2.28. The summed E-state index contributed by atoms with van der Waals surface area (Å²) in [4.78, 5) is 24.1. The van der Waals surface area contributed by atoms with E-state index in [9.17, 15) is 9.59 Å². The van der Waals surface area contributed by atoms with Crippen LogP contribution in [0.4, 0.5) is 0 Å². The fourth-order valence-corrected chi connectivity index (χ4v) is 1.66. The van der Waals surface area contributed by atoms with E-state index in [2.05, 4.69) is 0 Å². The number of carbonyl (C=O) groups excluding carboxylic acids is 1. The summed E-state index contributed by atoms with van der Waals surface area (Å²) in [5.41, 5.74) is 0. The summed E-state index contributed by atoms with van der Waals surface area (Å²) in [5, 5.41) is 8.83. The molecule has 1 saturated heterocycles. The van der Waals surface area contributed by atoms with Gasteiger partial charge in [-0.1, -0.05) is 13.8 Å². The first kappa shape index (κ1) is 14.9. The first-order valence-corrected chi connectivity index (χ1v) is 6.20. The van der Waals surface area contributed by atoms with Gasteiger partial charge in [-0.15, -0.1) is 0 Å². The third-order valence-corrected chi connectivity index (χ3v) is 2.61. The molecule has 1 aliphatic heterocycles. The Morgan fingerprint density at radius 2 is 2.22 bits per heavy atom. The van der Waals surface area contributed by atoms with E-state index in [1.807, 2.05) is 13.8 Å². The zero-order chi connectivity index (χ0) is 13.5. The summed E-state index contributed by atoms with van der Waals surface area (Å²) in [6.45, 7) is 5.95. The van der Waals surface area contributed by atoms with Crippen molar-refractivity contribution in [1.29, 1.82) is 0 Å². The van der Waals surface area contributed by atoms with Crippen LogP contribution in [0.15, 0.2) is 0 Å². The van der Waals surface area contributed by atoms with Crippen LogP contribution in [0.1, 0.15) is 20.3 Å². The third kappa shape index (κ3) is 5.01. The highest BCUT2D eigenvalue weighted by molar-refractivity contribution is 5.78. The summed E-state index contributed by atoms with van der Waals surface area (Å²) >= 11 is 0. The van der Waals surface area contributed by atoms with Gasteiger partial charge in [-0.25, -0.2) is 4.79 Å². The van der Waals surface area contributed by atoms with Crippen molar-refractivity contribution < 1.29 is 24.2 Å². The van der Waals surface area contributed by atoms with Crippen molar-refractivity contribution in [3.8, 4) is 0 Å². The van der Waals surface area contributed by atoms with Crippen LogP contribution in [-0.2, 0) is 19.1 Å². The molecule has 0 aromatic heterocycles. The van der Waals surface area contributed by atoms with Crippen molar-refractivity contribution in [2.75, 3.05) is 32.9 Å². The summed E-state index contributed by atoms with van der Waals surface area (Å²) in [6, 6.07) is 0. The Balaban J connectivity index is 2.26. The van der Waals surface area contributed by atoms with Gasteiger partial charge in [0.25, 0.3) is 0 Å². The van der Waals surface area contributed by atoms with Gasteiger partial charge in [0.15, 0.2) is 6.10 Å². The van der Waals surface area contributed by atoms with Gasteiger partial charge >= 0.3 is 5.97 Å². The number of carboxylic acids is 1. The van der Waals surface area contributed by atoms with Gasteiger partial charge in [0, 0.05) is 13.2 Å². The van der Waals surface area contributed by atoms with Crippen molar-refractivity contribution >= 4 is 11.9 Å². The van der Waals surface area contributed by atoms with Crippen LogP contribution in [0, 0.1) is 5.92 Å². The molecule has 0 aromatic rings.